The lowest BCUT2D eigenvalue weighted by molar-refractivity contribution is -0.134. The molecule has 2 aliphatic rings. The van der Waals surface area contributed by atoms with Gasteiger partial charge in [-0.05, 0) is 55.9 Å². The number of benzene rings is 1. The second-order valence-corrected chi connectivity index (χ2v) is 7.71. The molecule has 0 bridgehead atoms. The van der Waals surface area contributed by atoms with Crippen molar-refractivity contribution in [1.29, 1.82) is 0 Å². The number of carbonyl (C=O) groups excluding carboxylic acids is 2. The Bertz CT molecular complexity index is 613. The van der Waals surface area contributed by atoms with Crippen LogP contribution in [0, 0.1) is 11.8 Å². The number of amides is 2. The van der Waals surface area contributed by atoms with E-state index in [2.05, 4.69) is 29.3 Å². The molecule has 1 aromatic carbocycles. The third-order valence-electron chi connectivity index (χ3n) is 5.80. The third-order valence-corrected chi connectivity index (χ3v) is 5.80. The lowest BCUT2D eigenvalue weighted by Crippen LogP contribution is -2.41. The average Bonchev–Trinajstić information content (AvgIpc) is 2.69. The topological polar surface area (TPSA) is 52.7 Å². The van der Waals surface area contributed by atoms with Crippen LogP contribution in [0.4, 0.5) is 11.4 Å². The van der Waals surface area contributed by atoms with Gasteiger partial charge in [-0.1, -0.05) is 13.8 Å². The summed E-state index contributed by atoms with van der Waals surface area (Å²) in [6.07, 6.45) is 4.54. The SMILES string of the molecule is CCC(=O)N1CCC(C(=O)Nc2ccc(N3CCC(C)CC3)cc2)CC1. The zero-order valence-electron chi connectivity index (χ0n) is 16.0. The summed E-state index contributed by atoms with van der Waals surface area (Å²) >= 11 is 0. The fourth-order valence-electron chi connectivity index (χ4n) is 3.88. The first-order chi connectivity index (χ1) is 12.6. The number of carbonyl (C=O) groups is 2. The van der Waals surface area contributed by atoms with Gasteiger partial charge in [0.25, 0.3) is 0 Å². The van der Waals surface area contributed by atoms with Crippen LogP contribution in [0.3, 0.4) is 0 Å². The quantitative estimate of drug-likeness (QED) is 0.897. The van der Waals surface area contributed by atoms with Crippen LogP contribution in [0.25, 0.3) is 0 Å². The molecule has 1 N–H and O–H groups in total. The lowest BCUT2D eigenvalue weighted by atomic mass is 9.95. The Morgan fingerprint density at radius 2 is 1.62 bits per heavy atom. The fourth-order valence-corrected chi connectivity index (χ4v) is 3.88. The molecule has 2 amide bonds. The average molecular weight is 357 g/mol. The van der Waals surface area contributed by atoms with Crippen LogP contribution in [0.5, 0.6) is 0 Å². The smallest absolute Gasteiger partial charge is 0.227 e. The predicted octanol–water partition coefficient (Wildman–Crippen LogP) is 3.51. The van der Waals surface area contributed by atoms with Gasteiger partial charge in [0.2, 0.25) is 11.8 Å². The van der Waals surface area contributed by atoms with Crippen molar-refractivity contribution < 1.29 is 9.59 Å². The van der Waals surface area contributed by atoms with Crippen molar-refractivity contribution in [3.63, 3.8) is 0 Å². The Kier molecular flexibility index (Phi) is 6.17. The van der Waals surface area contributed by atoms with Crippen LogP contribution < -0.4 is 10.2 Å². The highest BCUT2D eigenvalue weighted by Gasteiger charge is 2.26. The Morgan fingerprint density at radius 1 is 1.00 bits per heavy atom. The molecule has 0 aliphatic carbocycles. The maximum atomic E-state index is 12.5. The highest BCUT2D eigenvalue weighted by atomic mass is 16.2. The summed E-state index contributed by atoms with van der Waals surface area (Å²) in [6.45, 7) is 7.81. The minimum atomic E-state index is -0.000773. The van der Waals surface area contributed by atoms with Crippen LogP contribution >= 0.6 is 0 Å². The van der Waals surface area contributed by atoms with Gasteiger partial charge in [-0.3, -0.25) is 9.59 Å². The number of hydrogen-bond acceptors (Lipinski definition) is 3. The van der Waals surface area contributed by atoms with Gasteiger partial charge < -0.3 is 15.1 Å². The third kappa shape index (κ3) is 4.57. The molecule has 2 aliphatic heterocycles. The van der Waals surface area contributed by atoms with Crippen LogP contribution in [-0.4, -0.2) is 42.9 Å². The fraction of sp³-hybridized carbons (Fsp3) is 0.619. The van der Waals surface area contributed by atoms with Crippen LogP contribution in [-0.2, 0) is 9.59 Å². The molecule has 0 unspecified atom stereocenters. The molecular weight excluding hydrogens is 326 g/mol. The van der Waals surface area contributed by atoms with E-state index in [0.29, 0.717) is 19.5 Å². The van der Waals surface area contributed by atoms with Gasteiger partial charge in [0, 0.05) is 49.9 Å². The summed E-state index contributed by atoms with van der Waals surface area (Å²) in [5, 5.41) is 3.05. The van der Waals surface area contributed by atoms with E-state index in [1.807, 2.05) is 24.0 Å². The number of likely N-dealkylation sites (tertiary alicyclic amines) is 1. The zero-order valence-corrected chi connectivity index (χ0v) is 16.0. The van der Waals surface area contributed by atoms with Crippen molar-refractivity contribution in [3.8, 4) is 0 Å². The summed E-state index contributed by atoms with van der Waals surface area (Å²) in [6, 6.07) is 8.21. The van der Waals surface area contributed by atoms with Gasteiger partial charge in [0.05, 0.1) is 0 Å². The first kappa shape index (κ1) is 18.7. The molecule has 0 atom stereocenters. The highest BCUT2D eigenvalue weighted by Crippen LogP contribution is 2.25. The first-order valence-corrected chi connectivity index (χ1v) is 10.0. The van der Waals surface area contributed by atoms with Crippen molar-refractivity contribution in [2.45, 2.75) is 46.0 Å². The number of hydrogen-bond donors (Lipinski definition) is 1. The molecule has 2 heterocycles. The van der Waals surface area contributed by atoms with Gasteiger partial charge in [0.1, 0.15) is 0 Å². The van der Waals surface area contributed by atoms with E-state index >= 15 is 0 Å². The second kappa shape index (κ2) is 8.56. The van der Waals surface area contributed by atoms with Crippen LogP contribution in [0.1, 0.15) is 46.0 Å². The van der Waals surface area contributed by atoms with Crippen LogP contribution in [0.15, 0.2) is 24.3 Å². The Morgan fingerprint density at radius 3 is 2.19 bits per heavy atom. The van der Waals surface area contributed by atoms with Crippen molar-refractivity contribution in [2.75, 3.05) is 36.4 Å². The number of anilines is 2. The largest absolute Gasteiger partial charge is 0.372 e. The van der Waals surface area contributed by atoms with Crippen molar-refractivity contribution in [3.05, 3.63) is 24.3 Å². The molecule has 1 aromatic rings. The molecular formula is C21H31N3O2. The first-order valence-electron chi connectivity index (χ1n) is 10.0. The maximum Gasteiger partial charge on any atom is 0.227 e. The van der Waals surface area contributed by atoms with Gasteiger partial charge in [0.15, 0.2) is 0 Å². The maximum absolute atomic E-state index is 12.5. The van der Waals surface area contributed by atoms with E-state index in [4.69, 9.17) is 0 Å². The zero-order chi connectivity index (χ0) is 18.5. The summed E-state index contributed by atoms with van der Waals surface area (Å²) in [7, 11) is 0. The minimum Gasteiger partial charge on any atom is -0.372 e. The Balaban J connectivity index is 1.50. The predicted molar refractivity (Wildman–Crippen MR) is 105 cm³/mol. The van der Waals surface area contributed by atoms with E-state index in [1.54, 1.807) is 0 Å². The number of nitrogens with one attached hydrogen (secondary N) is 1. The lowest BCUT2D eigenvalue weighted by Gasteiger charge is -2.32. The Labute approximate surface area is 156 Å². The van der Waals surface area contributed by atoms with E-state index in [-0.39, 0.29) is 17.7 Å². The molecule has 2 fully saturated rings. The molecule has 0 spiro atoms. The number of piperidine rings is 2. The van der Waals surface area contributed by atoms with Gasteiger partial charge in [-0.15, -0.1) is 0 Å². The molecule has 26 heavy (non-hydrogen) atoms. The highest BCUT2D eigenvalue weighted by molar-refractivity contribution is 5.93. The summed E-state index contributed by atoms with van der Waals surface area (Å²) in [5.74, 6) is 1.09. The molecule has 5 heteroatoms. The number of nitrogens with zero attached hydrogens (tertiary/aromatic N) is 2. The van der Waals surface area contributed by atoms with Gasteiger partial charge in [-0.25, -0.2) is 0 Å². The number of rotatable bonds is 4. The molecule has 0 radical (unpaired) electrons. The molecule has 3 rings (SSSR count). The van der Waals surface area contributed by atoms with Crippen LogP contribution in [0.2, 0.25) is 0 Å². The van der Waals surface area contributed by atoms with E-state index in [0.717, 1.165) is 37.5 Å². The molecule has 0 aromatic heterocycles. The monoisotopic (exact) mass is 357 g/mol. The van der Waals surface area contributed by atoms with Gasteiger partial charge in [-0.2, -0.15) is 0 Å². The molecule has 2 saturated heterocycles. The van der Waals surface area contributed by atoms with E-state index < -0.39 is 0 Å². The van der Waals surface area contributed by atoms with Crippen molar-refractivity contribution >= 4 is 23.2 Å². The minimum absolute atomic E-state index is 0.000773. The van der Waals surface area contributed by atoms with Gasteiger partial charge >= 0.3 is 0 Å². The summed E-state index contributed by atoms with van der Waals surface area (Å²) in [5.41, 5.74) is 2.09. The standard InChI is InChI=1S/C21H31N3O2/c1-3-20(25)24-14-10-17(11-15-24)21(26)22-18-4-6-19(7-5-18)23-12-8-16(2)9-13-23/h4-7,16-17H,3,8-15H2,1-2H3,(H,22,26). The van der Waals surface area contributed by atoms with Crippen molar-refractivity contribution in [1.82, 2.24) is 4.90 Å². The normalized spacial score (nSPS) is 19.5. The summed E-state index contributed by atoms with van der Waals surface area (Å²) < 4.78 is 0. The van der Waals surface area contributed by atoms with E-state index in [1.165, 1.54) is 18.5 Å². The second-order valence-electron chi connectivity index (χ2n) is 7.71. The Hall–Kier alpha value is -2.04. The molecule has 0 saturated carbocycles. The van der Waals surface area contributed by atoms with E-state index in [9.17, 15) is 9.59 Å². The molecule has 5 nitrogen and oxygen atoms in total. The molecule has 142 valence electrons. The van der Waals surface area contributed by atoms with Crippen molar-refractivity contribution in [2.24, 2.45) is 11.8 Å². The summed E-state index contributed by atoms with van der Waals surface area (Å²) in [4.78, 5) is 28.5.